The van der Waals surface area contributed by atoms with Gasteiger partial charge in [-0.15, -0.1) is 0 Å². The Morgan fingerprint density at radius 2 is 2.06 bits per heavy atom. The van der Waals surface area contributed by atoms with Gasteiger partial charge in [-0.05, 0) is 0 Å². The van der Waals surface area contributed by atoms with E-state index in [0.29, 0.717) is 19.0 Å². The lowest BCUT2D eigenvalue weighted by atomic mass is 10.3. The lowest BCUT2D eigenvalue weighted by Gasteiger charge is -2.09. The topological polar surface area (TPSA) is 78.4 Å². The van der Waals surface area contributed by atoms with Crippen molar-refractivity contribution in [2.75, 3.05) is 25.5 Å². The van der Waals surface area contributed by atoms with Crippen LogP contribution in [0.15, 0.2) is 12.4 Å². The Hall–Kier alpha value is -1.69. The summed E-state index contributed by atoms with van der Waals surface area (Å²) < 4.78 is 0. The molecule has 0 bridgehead atoms. The van der Waals surface area contributed by atoms with Crippen LogP contribution in [-0.2, 0) is 11.3 Å². The lowest BCUT2D eigenvalue weighted by Crippen LogP contribution is -2.18. The van der Waals surface area contributed by atoms with Crippen molar-refractivity contribution in [3.05, 3.63) is 18.0 Å². The summed E-state index contributed by atoms with van der Waals surface area (Å²) in [4.78, 5) is 20.4. The molecule has 0 saturated carbocycles. The van der Waals surface area contributed by atoms with E-state index in [9.17, 15) is 4.79 Å². The first-order valence-corrected chi connectivity index (χ1v) is 5.00. The van der Waals surface area contributed by atoms with Gasteiger partial charge < -0.3 is 15.3 Å². The number of anilines is 1. The van der Waals surface area contributed by atoms with Gasteiger partial charge in [-0.2, -0.15) is 0 Å². The molecule has 1 rings (SSSR count). The predicted octanol–water partition coefficient (Wildman–Crippen LogP) is 0.107. The number of nitrogens with zero attached hydrogens (tertiary/aromatic N) is 3. The highest BCUT2D eigenvalue weighted by molar-refractivity contribution is 5.66. The largest absolute Gasteiger partial charge is 0.481 e. The maximum atomic E-state index is 10.3. The fourth-order valence-corrected chi connectivity index (χ4v) is 1.10. The highest BCUT2D eigenvalue weighted by Crippen LogP contribution is 2.02. The quantitative estimate of drug-likeness (QED) is 0.668. The molecule has 88 valence electrons. The van der Waals surface area contributed by atoms with E-state index in [4.69, 9.17) is 5.11 Å². The van der Waals surface area contributed by atoms with Crippen LogP contribution in [0.1, 0.15) is 12.0 Å². The van der Waals surface area contributed by atoms with E-state index in [1.807, 2.05) is 19.0 Å². The number of rotatable bonds is 6. The van der Waals surface area contributed by atoms with E-state index in [1.54, 1.807) is 12.4 Å². The zero-order valence-corrected chi connectivity index (χ0v) is 9.47. The van der Waals surface area contributed by atoms with Crippen molar-refractivity contribution >= 4 is 11.9 Å². The third-order valence-electron chi connectivity index (χ3n) is 1.94. The fourth-order valence-electron chi connectivity index (χ4n) is 1.10. The number of carboxylic acids is 1. The molecule has 0 aliphatic carbocycles. The summed E-state index contributed by atoms with van der Waals surface area (Å²) in [6.45, 7) is 1.03. The van der Waals surface area contributed by atoms with E-state index in [1.165, 1.54) is 0 Å². The Bertz CT molecular complexity index is 337. The van der Waals surface area contributed by atoms with E-state index < -0.39 is 5.97 Å². The Morgan fingerprint density at radius 3 is 2.56 bits per heavy atom. The predicted molar refractivity (Wildman–Crippen MR) is 60.3 cm³/mol. The molecular weight excluding hydrogens is 208 g/mol. The van der Waals surface area contributed by atoms with Gasteiger partial charge in [0.25, 0.3) is 0 Å². The molecule has 0 fully saturated rings. The van der Waals surface area contributed by atoms with Crippen molar-refractivity contribution in [3.63, 3.8) is 0 Å². The number of aliphatic carboxylic acids is 1. The maximum absolute atomic E-state index is 10.3. The molecule has 1 heterocycles. The van der Waals surface area contributed by atoms with E-state index in [0.717, 1.165) is 5.56 Å². The van der Waals surface area contributed by atoms with Crippen LogP contribution in [0.5, 0.6) is 0 Å². The van der Waals surface area contributed by atoms with Crippen molar-refractivity contribution in [2.45, 2.75) is 13.0 Å². The molecule has 0 aliphatic heterocycles. The average Bonchev–Trinajstić information content (AvgIpc) is 2.25. The van der Waals surface area contributed by atoms with Crippen molar-refractivity contribution < 1.29 is 9.90 Å². The van der Waals surface area contributed by atoms with E-state index in [2.05, 4.69) is 15.3 Å². The molecule has 16 heavy (non-hydrogen) atoms. The highest BCUT2D eigenvalue weighted by Gasteiger charge is 2.00. The second kappa shape index (κ2) is 6.02. The first kappa shape index (κ1) is 12.4. The van der Waals surface area contributed by atoms with Gasteiger partial charge in [0.1, 0.15) is 0 Å². The number of carbonyl (C=O) groups is 1. The number of nitrogens with one attached hydrogen (secondary N) is 1. The van der Waals surface area contributed by atoms with Crippen LogP contribution in [0.2, 0.25) is 0 Å². The molecule has 0 atom stereocenters. The molecule has 0 aliphatic rings. The molecular formula is C10H16N4O2. The fraction of sp³-hybridized carbons (Fsp3) is 0.500. The van der Waals surface area contributed by atoms with Crippen LogP contribution < -0.4 is 10.2 Å². The molecule has 2 N–H and O–H groups in total. The smallest absolute Gasteiger partial charge is 0.304 e. The Kier molecular flexibility index (Phi) is 4.65. The molecule has 0 amide bonds. The highest BCUT2D eigenvalue weighted by atomic mass is 16.4. The normalized spacial score (nSPS) is 10.1. The van der Waals surface area contributed by atoms with Gasteiger partial charge in [-0.25, -0.2) is 9.97 Å². The molecule has 0 aromatic carbocycles. The molecule has 1 aromatic heterocycles. The molecule has 0 unspecified atom stereocenters. The molecule has 0 spiro atoms. The van der Waals surface area contributed by atoms with Crippen molar-refractivity contribution in [1.82, 2.24) is 15.3 Å². The van der Waals surface area contributed by atoms with Crippen molar-refractivity contribution in [2.24, 2.45) is 0 Å². The van der Waals surface area contributed by atoms with Crippen LogP contribution in [0.4, 0.5) is 5.95 Å². The molecule has 0 saturated heterocycles. The van der Waals surface area contributed by atoms with Crippen LogP contribution >= 0.6 is 0 Å². The second-order valence-electron chi connectivity index (χ2n) is 3.61. The summed E-state index contributed by atoms with van der Waals surface area (Å²) >= 11 is 0. The Labute approximate surface area is 94.3 Å². The summed E-state index contributed by atoms with van der Waals surface area (Å²) in [5, 5.41) is 11.4. The second-order valence-corrected chi connectivity index (χ2v) is 3.61. The summed E-state index contributed by atoms with van der Waals surface area (Å²) in [5.74, 6) is -0.138. The number of hydrogen-bond acceptors (Lipinski definition) is 5. The number of aromatic nitrogens is 2. The average molecular weight is 224 g/mol. The van der Waals surface area contributed by atoms with E-state index >= 15 is 0 Å². The van der Waals surface area contributed by atoms with Gasteiger partial charge in [-0.3, -0.25) is 4.79 Å². The zero-order valence-electron chi connectivity index (χ0n) is 9.47. The third-order valence-corrected chi connectivity index (χ3v) is 1.94. The van der Waals surface area contributed by atoms with Crippen molar-refractivity contribution in [1.29, 1.82) is 0 Å². The van der Waals surface area contributed by atoms with Gasteiger partial charge in [0.15, 0.2) is 0 Å². The first-order chi connectivity index (χ1) is 7.59. The molecule has 1 aromatic rings. The van der Waals surface area contributed by atoms with E-state index in [-0.39, 0.29) is 6.42 Å². The van der Waals surface area contributed by atoms with Gasteiger partial charge in [-0.1, -0.05) is 0 Å². The van der Waals surface area contributed by atoms with Crippen LogP contribution in [0, 0.1) is 0 Å². The van der Waals surface area contributed by atoms with Crippen molar-refractivity contribution in [3.8, 4) is 0 Å². The van der Waals surface area contributed by atoms with Gasteiger partial charge in [0.2, 0.25) is 5.95 Å². The first-order valence-electron chi connectivity index (χ1n) is 5.00. The van der Waals surface area contributed by atoms with Gasteiger partial charge >= 0.3 is 5.97 Å². The third kappa shape index (κ3) is 4.22. The van der Waals surface area contributed by atoms with Gasteiger partial charge in [0, 0.05) is 45.1 Å². The number of carboxylic acid groups (broad SMARTS) is 1. The zero-order chi connectivity index (χ0) is 12.0. The minimum atomic E-state index is -0.799. The lowest BCUT2D eigenvalue weighted by molar-refractivity contribution is -0.136. The summed E-state index contributed by atoms with van der Waals surface area (Å²) in [6.07, 6.45) is 3.59. The van der Waals surface area contributed by atoms with Crippen LogP contribution in [0.3, 0.4) is 0 Å². The Morgan fingerprint density at radius 1 is 1.44 bits per heavy atom. The summed E-state index contributed by atoms with van der Waals surface area (Å²) in [5.41, 5.74) is 0.941. The summed E-state index contributed by atoms with van der Waals surface area (Å²) in [7, 11) is 3.75. The molecule has 6 heteroatoms. The molecule has 0 radical (unpaired) electrons. The monoisotopic (exact) mass is 224 g/mol. The maximum Gasteiger partial charge on any atom is 0.304 e. The van der Waals surface area contributed by atoms with Crippen LogP contribution in [0.25, 0.3) is 0 Å². The SMILES string of the molecule is CN(C)c1ncc(CNCCC(=O)O)cn1. The molecule has 6 nitrogen and oxygen atoms in total. The number of hydrogen-bond donors (Lipinski definition) is 2. The minimum Gasteiger partial charge on any atom is -0.481 e. The standard InChI is InChI=1S/C10H16N4O2/c1-14(2)10-12-6-8(7-13-10)5-11-4-3-9(15)16/h6-7,11H,3-5H2,1-2H3,(H,15,16). The minimum absolute atomic E-state index is 0.122. The van der Waals surface area contributed by atoms with Crippen LogP contribution in [-0.4, -0.2) is 41.7 Å². The van der Waals surface area contributed by atoms with Gasteiger partial charge in [0.05, 0.1) is 6.42 Å². The summed E-state index contributed by atoms with van der Waals surface area (Å²) in [6, 6.07) is 0. The Balaban J connectivity index is 2.35.